The molecule has 2 fully saturated rings. The summed E-state index contributed by atoms with van der Waals surface area (Å²) in [4.78, 5) is 0. The van der Waals surface area contributed by atoms with Gasteiger partial charge < -0.3 is 0 Å². The van der Waals surface area contributed by atoms with E-state index in [2.05, 4.69) is 6.92 Å². The van der Waals surface area contributed by atoms with Gasteiger partial charge >= 0.3 is 0 Å². The molecule has 0 N–H and O–H groups in total. The third kappa shape index (κ3) is 3.92. The minimum atomic E-state index is 0. The lowest BCUT2D eigenvalue weighted by atomic mass is 9.88. The van der Waals surface area contributed by atoms with Gasteiger partial charge in [0.05, 0.1) is 0 Å². The summed E-state index contributed by atoms with van der Waals surface area (Å²) in [5, 5.41) is 0. The number of hydrogen-bond acceptors (Lipinski definition) is 0. The Balaban J connectivity index is 0.000000150. The molecule has 0 saturated heterocycles. The Labute approximate surface area is 66.0 Å². The maximum Gasteiger partial charge on any atom is -0.0443 e. The quantitative estimate of drug-likeness (QED) is 0.479. The maximum absolute atomic E-state index is 2.31. The third-order valence-electron chi connectivity index (χ3n) is 2.39. The average Bonchev–Trinajstić information content (AvgIpc) is 1.56. The fraction of sp³-hybridized carbons (Fsp3) is 1.00. The van der Waals surface area contributed by atoms with Gasteiger partial charge in [-0.1, -0.05) is 59.3 Å². The minimum absolute atomic E-state index is 0. The van der Waals surface area contributed by atoms with E-state index in [1.165, 1.54) is 44.9 Å². The zero-order chi connectivity index (χ0) is 6.53. The molecule has 0 atom stereocenters. The van der Waals surface area contributed by atoms with E-state index in [0.29, 0.717) is 0 Å². The highest BCUT2D eigenvalue weighted by molar-refractivity contribution is 4.62. The zero-order valence-electron chi connectivity index (χ0n) is 6.53. The summed E-state index contributed by atoms with van der Waals surface area (Å²) < 4.78 is 0. The van der Waals surface area contributed by atoms with E-state index in [1.54, 1.807) is 0 Å². The third-order valence-corrected chi connectivity index (χ3v) is 2.39. The van der Waals surface area contributed by atoms with E-state index < -0.39 is 0 Å². The van der Waals surface area contributed by atoms with E-state index in [9.17, 15) is 0 Å². The molecule has 0 aromatic rings. The molecule has 0 unspecified atom stereocenters. The van der Waals surface area contributed by atoms with Crippen LogP contribution in [0.25, 0.3) is 0 Å². The molecule has 0 radical (unpaired) electrons. The van der Waals surface area contributed by atoms with Gasteiger partial charge in [0, 0.05) is 0 Å². The molecule has 2 rings (SSSR count). The Kier molecular flexibility index (Phi) is 5.76. The summed E-state index contributed by atoms with van der Waals surface area (Å²) in [5.41, 5.74) is 0. The molecule has 2 aliphatic rings. The highest BCUT2D eigenvalue weighted by atomic mass is 14.1. The Morgan fingerprint density at radius 2 is 1.10 bits per heavy atom. The van der Waals surface area contributed by atoms with Crippen LogP contribution in [0.5, 0.6) is 0 Å². The van der Waals surface area contributed by atoms with Crippen LogP contribution in [0.3, 0.4) is 0 Å². The predicted molar refractivity (Wildman–Crippen MR) is 48.2 cm³/mol. The molecule has 0 aliphatic heterocycles. The first-order valence-electron chi connectivity index (χ1n) is 4.39. The van der Waals surface area contributed by atoms with Crippen molar-refractivity contribution in [3.8, 4) is 0 Å². The molecule has 0 amide bonds. The van der Waals surface area contributed by atoms with E-state index in [4.69, 9.17) is 0 Å². The van der Waals surface area contributed by atoms with Crippen LogP contribution < -0.4 is 0 Å². The lowest BCUT2D eigenvalue weighted by Gasteiger charge is -2.18. The van der Waals surface area contributed by atoms with Crippen LogP contribution in [0, 0.1) is 5.92 Å². The highest BCUT2D eigenvalue weighted by Gasteiger charge is 2.09. The van der Waals surface area contributed by atoms with Crippen molar-refractivity contribution in [1.29, 1.82) is 0 Å². The van der Waals surface area contributed by atoms with Crippen LogP contribution in [-0.4, -0.2) is 0 Å². The first-order chi connectivity index (χ1) is 4.39. The second kappa shape index (κ2) is 5.76. The molecule has 0 nitrogen and oxygen atoms in total. The van der Waals surface area contributed by atoms with Gasteiger partial charge in [-0.25, -0.2) is 0 Å². The van der Waals surface area contributed by atoms with Crippen LogP contribution in [0.15, 0.2) is 0 Å². The molecule has 0 bridgehead atoms. The first kappa shape index (κ1) is 10.0. The van der Waals surface area contributed by atoms with Gasteiger partial charge in [0.2, 0.25) is 0 Å². The molecule has 10 heavy (non-hydrogen) atoms. The normalized spacial score (nSPS) is 22.5. The lowest BCUT2D eigenvalue weighted by Crippen LogP contribution is -2.04. The molecule has 2 saturated carbocycles. The van der Waals surface area contributed by atoms with Crippen LogP contribution in [0.1, 0.15) is 59.3 Å². The van der Waals surface area contributed by atoms with Gasteiger partial charge in [0.25, 0.3) is 0 Å². The fourth-order valence-corrected chi connectivity index (χ4v) is 0.862. The Morgan fingerprint density at radius 3 is 1.10 bits per heavy atom. The van der Waals surface area contributed by atoms with Crippen molar-refractivity contribution in [3.05, 3.63) is 0 Å². The summed E-state index contributed by atoms with van der Waals surface area (Å²) in [6.07, 6.45) is 10.5. The molecular weight excluding hydrogens is 120 g/mol. The van der Waals surface area contributed by atoms with Gasteiger partial charge in [-0.3, -0.25) is 0 Å². The van der Waals surface area contributed by atoms with Crippen LogP contribution in [0.4, 0.5) is 0 Å². The summed E-state index contributed by atoms with van der Waals surface area (Å²) in [7, 11) is 0. The zero-order valence-corrected chi connectivity index (χ0v) is 6.53. The van der Waals surface area contributed by atoms with Gasteiger partial charge in [0.15, 0.2) is 0 Å². The van der Waals surface area contributed by atoms with E-state index in [-0.39, 0.29) is 7.43 Å². The van der Waals surface area contributed by atoms with Crippen molar-refractivity contribution >= 4 is 0 Å². The monoisotopic (exact) mass is 142 g/mol. The van der Waals surface area contributed by atoms with Crippen LogP contribution in [0.2, 0.25) is 0 Å². The summed E-state index contributed by atoms with van der Waals surface area (Å²) >= 11 is 0. The number of hydrogen-bond donors (Lipinski definition) is 0. The lowest BCUT2D eigenvalue weighted by molar-refractivity contribution is 0.346. The van der Waals surface area contributed by atoms with Crippen molar-refractivity contribution in [3.63, 3.8) is 0 Å². The van der Waals surface area contributed by atoms with Crippen LogP contribution in [-0.2, 0) is 0 Å². The van der Waals surface area contributed by atoms with E-state index >= 15 is 0 Å². The highest BCUT2D eigenvalue weighted by Crippen LogP contribution is 2.24. The van der Waals surface area contributed by atoms with Crippen molar-refractivity contribution in [2.75, 3.05) is 0 Å². The van der Waals surface area contributed by atoms with E-state index in [0.717, 1.165) is 5.92 Å². The SMILES string of the molecule is C.C1CCC1.CC1CCC1. The van der Waals surface area contributed by atoms with Crippen molar-refractivity contribution in [2.45, 2.75) is 59.3 Å². The van der Waals surface area contributed by atoms with Gasteiger partial charge in [-0.2, -0.15) is 0 Å². The molecule has 0 aromatic carbocycles. The maximum atomic E-state index is 2.31. The smallest absolute Gasteiger partial charge is 0.0443 e. The summed E-state index contributed by atoms with van der Waals surface area (Å²) in [6, 6.07) is 0. The Hall–Kier alpha value is 0. The largest absolute Gasteiger partial charge is 0.0776 e. The second-order valence-corrected chi connectivity index (χ2v) is 3.45. The Morgan fingerprint density at radius 1 is 0.800 bits per heavy atom. The van der Waals surface area contributed by atoms with Crippen LogP contribution >= 0.6 is 0 Å². The summed E-state index contributed by atoms with van der Waals surface area (Å²) in [5.74, 6) is 1.06. The molecule has 0 aromatic heterocycles. The second-order valence-electron chi connectivity index (χ2n) is 3.45. The molecular formula is C10H22. The molecule has 0 heterocycles. The van der Waals surface area contributed by atoms with E-state index in [1.807, 2.05) is 0 Å². The van der Waals surface area contributed by atoms with Gasteiger partial charge in [-0.05, 0) is 5.92 Å². The Bertz CT molecular complexity index is 54.4. The molecule has 62 valence electrons. The van der Waals surface area contributed by atoms with Gasteiger partial charge in [0.1, 0.15) is 0 Å². The summed E-state index contributed by atoms with van der Waals surface area (Å²) in [6.45, 7) is 2.31. The topological polar surface area (TPSA) is 0 Å². The average molecular weight is 142 g/mol. The van der Waals surface area contributed by atoms with Gasteiger partial charge in [-0.15, -0.1) is 0 Å². The van der Waals surface area contributed by atoms with Crippen molar-refractivity contribution in [2.24, 2.45) is 5.92 Å². The predicted octanol–water partition coefficient (Wildman–Crippen LogP) is 4.00. The van der Waals surface area contributed by atoms with Crippen molar-refractivity contribution < 1.29 is 0 Å². The van der Waals surface area contributed by atoms with Crippen molar-refractivity contribution in [1.82, 2.24) is 0 Å². The fourth-order valence-electron chi connectivity index (χ4n) is 0.862. The first-order valence-corrected chi connectivity index (χ1v) is 4.39. The standard InChI is InChI=1S/C5H10.C4H8.CH4/c1-5-3-2-4-5;1-2-4-3-1;/h5H,2-4H2,1H3;1-4H2;1H4. The minimum Gasteiger partial charge on any atom is -0.0776 e. The molecule has 0 spiro atoms. The molecule has 2 aliphatic carbocycles. The molecule has 0 heteroatoms. The number of rotatable bonds is 0.